The number of rotatable bonds is 3. The SMILES string of the molecule is COc1ccc2c(c1)cc(CCN)c(=O)n2C. The summed E-state index contributed by atoms with van der Waals surface area (Å²) in [7, 11) is 3.40. The van der Waals surface area contributed by atoms with Crippen molar-refractivity contribution in [3.05, 3.63) is 40.2 Å². The molecule has 0 atom stereocenters. The highest BCUT2D eigenvalue weighted by atomic mass is 16.5. The van der Waals surface area contributed by atoms with Crippen molar-refractivity contribution in [2.75, 3.05) is 13.7 Å². The Morgan fingerprint density at radius 3 is 2.76 bits per heavy atom. The second kappa shape index (κ2) is 4.59. The molecule has 0 radical (unpaired) electrons. The molecule has 0 aliphatic rings. The third-order valence-electron chi connectivity index (χ3n) is 2.92. The van der Waals surface area contributed by atoms with Gasteiger partial charge in [-0.15, -0.1) is 0 Å². The Balaban J connectivity index is 2.72. The molecule has 0 aliphatic heterocycles. The molecule has 1 aromatic carbocycles. The minimum absolute atomic E-state index is 0.0214. The van der Waals surface area contributed by atoms with Gasteiger partial charge in [-0.2, -0.15) is 0 Å². The first-order valence-electron chi connectivity index (χ1n) is 5.54. The quantitative estimate of drug-likeness (QED) is 0.860. The van der Waals surface area contributed by atoms with Gasteiger partial charge >= 0.3 is 0 Å². The van der Waals surface area contributed by atoms with Gasteiger partial charge in [0.15, 0.2) is 0 Å². The monoisotopic (exact) mass is 232 g/mol. The molecule has 17 heavy (non-hydrogen) atoms. The molecule has 90 valence electrons. The zero-order valence-electron chi connectivity index (χ0n) is 10.1. The predicted molar refractivity (Wildman–Crippen MR) is 68.5 cm³/mol. The minimum Gasteiger partial charge on any atom is -0.497 e. The van der Waals surface area contributed by atoms with Crippen LogP contribution in [0.15, 0.2) is 29.1 Å². The van der Waals surface area contributed by atoms with Crippen molar-refractivity contribution in [1.82, 2.24) is 4.57 Å². The third-order valence-corrected chi connectivity index (χ3v) is 2.92. The first kappa shape index (κ1) is 11.7. The number of methoxy groups -OCH3 is 1. The van der Waals surface area contributed by atoms with Gasteiger partial charge in [-0.1, -0.05) is 0 Å². The second-order valence-corrected chi connectivity index (χ2v) is 4.00. The van der Waals surface area contributed by atoms with Crippen molar-refractivity contribution >= 4 is 10.9 Å². The molecule has 2 rings (SSSR count). The van der Waals surface area contributed by atoms with Crippen LogP contribution in [0.5, 0.6) is 5.75 Å². The van der Waals surface area contributed by atoms with Crippen molar-refractivity contribution < 1.29 is 4.74 Å². The van der Waals surface area contributed by atoms with Crippen molar-refractivity contribution in [2.24, 2.45) is 12.8 Å². The molecule has 2 N–H and O–H groups in total. The Morgan fingerprint density at radius 2 is 2.12 bits per heavy atom. The van der Waals surface area contributed by atoms with Gasteiger partial charge in [0.05, 0.1) is 12.6 Å². The van der Waals surface area contributed by atoms with Crippen LogP contribution in [-0.4, -0.2) is 18.2 Å². The number of fused-ring (bicyclic) bond motifs is 1. The van der Waals surface area contributed by atoms with Gasteiger partial charge in [0.25, 0.3) is 5.56 Å². The first-order valence-corrected chi connectivity index (χ1v) is 5.54. The highest BCUT2D eigenvalue weighted by Crippen LogP contribution is 2.20. The van der Waals surface area contributed by atoms with Crippen molar-refractivity contribution in [3.8, 4) is 5.75 Å². The lowest BCUT2D eigenvalue weighted by molar-refractivity contribution is 0.415. The summed E-state index contributed by atoms with van der Waals surface area (Å²) in [4.78, 5) is 12.0. The molecule has 0 aliphatic carbocycles. The van der Waals surface area contributed by atoms with E-state index in [1.807, 2.05) is 24.3 Å². The molecule has 0 spiro atoms. The van der Waals surface area contributed by atoms with E-state index in [9.17, 15) is 4.79 Å². The van der Waals surface area contributed by atoms with Gasteiger partial charge in [0, 0.05) is 18.0 Å². The molecule has 0 saturated carbocycles. The molecular weight excluding hydrogens is 216 g/mol. The molecule has 1 heterocycles. The largest absolute Gasteiger partial charge is 0.497 e. The Labute approximate surface area is 99.6 Å². The summed E-state index contributed by atoms with van der Waals surface area (Å²) in [6.45, 7) is 0.477. The van der Waals surface area contributed by atoms with E-state index >= 15 is 0 Å². The van der Waals surface area contributed by atoms with Crippen LogP contribution >= 0.6 is 0 Å². The maximum Gasteiger partial charge on any atom is 0.254 e. The van der Waals surface area contributed by atoms with E-state index in [1.54, 1.807) is 18.7 Å². The van der Waals surface area contributed by atoms with Gasteiger partial charge in [-0.25, -0.2) is 0 Å². The highest BCUT2D eigenvalue weighted by molar-refractivity contribution is 5.81. The number of aryl methyl sites for hydroxylation is 1. The highest BCUT2D eigenvalue weighted by Gasteiger charge is 2.06. The normalized spacial score (nSPS) is 10.8. The zero-order chi connectivity index (χ0) is 12.4. The summed E-state index contributed by atoms with van der Waals surface area (Å²) in [6.07, 6.45) is 0.597. The third kappa shape index (κ3) is 2.03. The minimum atomic E-state index is 0.0214. The fourth-order valence-electron chi connectivity index (χ4n) is 1.99. The Kier molecular flexibility index (Phi) is 3.15. The van der Waals surface area contributed by atoms with Crippen molar-refractivity contribution in [3.63, 3.8) is 0 Å². The molecule has 0 bridgehead atoms. The number of nitrogens with zero attached hydrogens (tertiary/aromatic N) is 1. The standard InChI is InChI=1S/C13H16N2O2/c1-15-12-4-3-11(17-2)8-10(12)7-9(5-6-14)13(15)16/h3-4,7-8H,5-6,14H2,1-2H3. The average Bonchev–Trinajstić information content (AvgIpc) is 2.35. The van der Waals surface area contributed by atoms with E-state index in [2.05, 4.69) is 0 Å². The van der Waals surface area contributed by atoms with Crippen LogP contribution in [0.1, 0.15) is 5.56 Å². The smallest absolute Gasteiger partial charge is 0.254 e. The molecule has 0 unspecified atom stereocenters. The van der Waals surface area contributed by atoms with Crippen LogP contribution in [0.4, 0.5) is 0 Å². The van der Waals surface area contributed by atoms with Crippen LogP contribution in [-0.2, 0) is 13.5 Å². The van der Waals surface area contributed by atoms with Crippen molar-refractivity contribution in [2.45, 2.75) is 6.42 Å². The number of pyridine rings is 1. The molecular formula is C13H16N2O2. The lowest BCUT2D eigenvalue weighted by Gasteiger charge is -2.09. The summed E-state index contributed by atoms with van der Waals surface area (Å²) in [5.74, 6) is 0.787. The molecule has 1 aromatic heterocycles. The van der Waals surface area contributed by atoms with E-state index in [4.69, 9.17) is 10.5 Å². The Morgan fingerprint density at radius 1 is 1.35 bits per heavy atom. The maximum absolute atomic E-state index is 12.0. The predicted octanol–water partition coefficient (Wildman–Crippen LogP) is 1.05. The van der Waals surface area contributed by atoms with Crippen molar-refractivity contribution in [1.29, 1.82) is 0 Å². The molecule has 0 amide bonds. The fraction of sp³-hybridized carbons (Fsp3) is 0.308. The van der Waals surface area contributed by atoms with Crippen LogP contribution in [0.3, 0.4) is 0 Å². The number of aromatic nitrogens is 1. The first-order chi connectivity index (χ1) is 8.17. The van der Waals surface area contributed by atoms with E-state index in [0.717, 1.165) is 22.2 Å². The number of ether oxygens (including phenoxy) is 1. The Hall–Kier alpha value is -1.81. The van der Waals surface area contributed by atoms with E-state index in [1.165, 1.54) is 0 Å². The van der Waals surface area contributed by atoms with E-state index in [-0.39, 0.29) is 5.56 Å². The average molecular weight is 232 g/mol. The molecule has 4 heteroatoms. The lowest BCUT2D eigenvalue weighted by atomic mass is 10.1. The van der Waals surface area contributed by atoms with Gasteiger partial charge in [0.1, 0.15) is 5.75 Å². The Bertz CT molecular complexity index is 602. The number of nitrogens with two attached hydrogens (primary N) is 1. The summed E-state index contributed by atoms with van der Waals surface area (Å²) < 4.78 is 6.83. The van der Waals surface area contributed by atoms with E-state index in [0.29, 0.717) is 13.0 Å². The zero-order valence-corrected chi connectivity index (χ0v) is 10.1. The lowest BCUT2D eigenvalue weighted by Crippen LogP contribution is -2.23. The fourth-order valence-corrected chi connectivity index (χ4v) is 1.99. The molecule has 2 aromatic rings. The second-order valence-electron chi connectivity index (χ2n) is 4.00. The maximum atomic E-state index is 12.0. The molecule has 0 fully saturated rings. The van der Waals surface area contributed by atoms with Gasteiger partial charge < -0.3 is 15.0 Å². The van der Waals surface area contributed by atoms with Crippen LogP contribution < -0.4 is 16.0 Å². The number of hydrogen-bond donors (Lipinski definition) is 1. The van der Waals surface area contributed by atoms with Crippen LogP contribution in [0.2, 0.25) is 0 Å². The molecule has 0 saturated heterocycles. The summed E-state index contributed by atoms with van der Waals surface area (Å²) in [6, 6.07) is 7.56. The summed E-state index contributed by atoms with van der Waals surface area (Å²) in [5.41, 5.74) is 7.17. The summed E-state index contributed by atoms with van der Waals surface area (Å²) >= 11 is 0. The van der Waals surface area contributed by atoms with Gasteiger partial charge in [-0.05, 0) is 37.2 Å². The molecule has 4 nitrogen and oxygen atoms in total. The van der Waals surface area contributed by atoms with Gasteiger partial charge in [-0.3, -0.25) is 4.79 Å². The number of hydrogen-bond acceptors (Lipinski definition) is 3. The van der Waals surface area contributed by atoms with Crippen LogP contribution in [0, 0.1) is 0 Å². The number of benzene rings is 1. The van der Waals surface area contributed by atoms with E-state index < -0.39 is 0 Å². The topological polar surface area (TPSA) is 57.2 Å². The van der Waals surface area contributed by atoms with Crippen LogP contribution in [0.25, 0.3) is 10.9 Å². The summed E-state index contributed by atoms with van der Waals surface area (Å²) in [5, 5.41) is 0.995. The van der Waals surface area contributed by atoms with Gasteiger partial charge in [0.2, 0.25) is 0 Å².